The van der Waals surface area contributed by atoms with Crippen molar-refractivity contribution >= 4 is 37.2 Å². The molecule has 2 aromatic heterocycles. The quantitative estimate of drug-likeness (QED) is 0.160. The summed E-state index contributed by atoms with van der Waals surface area (Å²) < 4.78 is 38.3. The van der Waals surface area contributed by atoms with Crippen LogP contribution in [0.4, 0.5) is 5.82 Å². The van der Waals surface area contributed by atoms with Crippen molar-refractivity contribution in [1.29, 1.82) is 5.26 Å². The van der Waals surface area contributed by atoms with Gasteiger partial charge >= 0.3 is 19.6 Å². The molecule has 0 radical (unpaired) electrons. The van der Waals surface area contributed by atoms with Crippen LogP contribution in [0.2, 0.25) is 0 Å². The number of nitrogens with zero attached hydrogens (tertiary/aromatic N) is 4. The zero-order valence-corrected chi connectivity index (χ0v) is 24.6. The second-order valence-corrected chi connectivity index (χ2v) is 12.4. The highest BCUT2D eigenvalue weighted by molar-refractivity contribution is 7.54. The first-order valence-corrected chi connectivity index (χ1v) is 15.4. The molecule has 228 valence electrons. The van der Waals surface area contributed by atoms with Crippen molar-refractivity contribution in [1.82, 2.24) is 24.8 Å². The van der Waals surface area contributed by atoms with E-state index in [-0.39, 0.29) is 25.3 Å². The molecule has 1 aliphatic carbocycles. The molecule has 0 amide bonds. The van der Waals surface area contributed by atoms with Crippen LogP contribution >= 0.6 is 7.67 Å². The van der Waals surface area contributed by atoms with Gasteiger partial charge in [-0.2, -0.15) is 10.4 Å². The lowest BCUT2D eigenvalue weighted by molar-refractivity contribution is -0.157. The Labute approximate surface area is 243 Å². The zero-order chi connectivity index (χ0) is 30.5. The molecule has 1 unspecified atom stereocenters. The van der Waals surface area contributed by atoms with Crippen LogP contribution in [0.3, 0.4) is 0 Å². The molecule has 2 aromatic rings. The Morgan fingerprint density at radius 1 is 1.36 bits per heavy atom. The van der Waals surface area contributed by atoms with Gasteiger partial charge < -0.3 is 29.3 Å². The minimum atomic E-state index is -4.19. The fourth-order valence-electron chi connectivity index (χ4n) is 4.69. The summed E-state index contributed by atoms with van der Waals surface area (Å²) in [5, 5.41) is 19.7. The molecule has 1 aliphatic heterocycles. The van der Waals surface area contributed by atoms with Gasteiger partial charge in [-0.3, -0.25) is 14.2 Å². The molecule has 6 atom stereocenters. The van der Waals surface area contributed by atoms with E-state index < -0.39 is 56.1 Å². The van der Waals surface area contributed by atoms with Crippen molar-refractivity contribution in [3.8, 4) is 6.07 Å². The maximum atomic E-state index is 13.9. The Morgan fingerprint density at radius 3 is 2.76 bits per heavy atom. The minimum Gasteiger partial charge on any atom is -0.464 e. The molecule has 0 spiro atoms. The molecule has 3 heterocycles. The van der Waals surface area contributed by atoms with Gasteiger partial charge in [0.25, 0.3) is 0 Å². The van der Waals surface area contributed by atoms with Crippen molar-refractivity contribution in [2.75, 3.05) is 18.9 Å². The molecular formula is C26H36N7O8P. The molecule has 2 fully saturated rings. The van der Waals surface area contributed by atoms with Gasteiger partial charge in [0.15, 0.2) is 5.82 Å². The summed E-state index contributed by atoms with van der Waals surface area (Å²) in [4.78, 5) is 40.3. The number of carbonyl (C=O) groups is 3. The van der Waals surface area contributed by atoms with Gasteiger partial charge in [0, 0.05) is 12.8 Å². The topological polar surface area (TPSA) is 209 Å². The Morgan fingerprint density at radius 2 is 2.12 bits per heavy atom. The monoisotopic (exact) mass is 605 g/mol. The standard InChI is InChI=1S/C26H36N7O8P/c1-4-23(35)40-22-10-21(19-8-9-20-24(28)29-15-30-33(19)20)41-26(22,13-27)14-39-42(37,31-16(2)11-34)32-17(3)25(36)38-12-18-6-5-7-18/h8-9,11,15-18,21-22H,4-7,10,12,14H2,1-3H3,(H2,28,29,30)(H2,31,32,37)/t16-,17-,21+,22-,26+,42?/m0/s1. The lowest BCUT2D eigenvalue weighted by Gasteiger charge is -2.31. The second-order valence-electron chi connectivity index (χ2n) is 10.5. The minimum absolute atomic E-state index is 0.0419. The number of carbonyl (C=O) groups excluding carboxylic acids is 3. The molecule has 2 aliphatic rings. The van der Waals surface area contributed by atoms with Gasteiger partial charge in [0.1, 0.15) is 49.1 Å². The fourth-order valence-corrected chi connectivity index (χ4v) is 6.50. The summed E-state index contributed by atoms with van der Waals surface area (Å²) in [6.45, 7) is 4.12. The number of fused-ring (bicyclic) bond motifs is 1. The van der Waals surface area contributed by atoms with Crippen LogP contribution in [0.5, 0.6) is 0 Å². The lowest BCUT2D eigenvalue weighted by atomic mass is 9.86. The van der Waals surface area contributed by atoms with Crippen LogP contribution in [0.15, 0.2) is 18.5 Å². The Kier molecular flexibility index (Phi) is 9.96. The van der Waals surface area contributed by atoms with Gasteiger partial charge in [-0.05, 0) is 44.7 Å². The summed E-state index contributed by atoms with van der Waals surface area (Å²) >= 11 is 0. The number of hydrogen-bond donors (Lipinski definition) is 3. The van der Waals surface area contributed by atoms with Crippen LogP contribution in [0, 0.1) is 17.2 Å². The average Bonchev–Trinajstić information content (AvgIpc) is 3.53. The number of nitrogen functional groups attached to an aromatic ring is 1. The summed E-state index contributed by atoms with van der Waals surface area (Å²) in [7, 11) is -4.19. The van der Waals surface area contributed by atoms with E-state index in [1.165, 1.54) is 24.7 Å². The Balaban J connectivity index is 1.56. The lowest BCUT2D eigenvalue weighted by Crippen LogP contribution is -2.47. The third kappa shape index (κ3) is 6.96. The van der Waals surface area contributed by atoms with Gasteiger partial charge in [0.05, 0.1) is 18.3 Å². The number of aromatic nitrogens is 3. The molecule has 1 saturated carbocycles. The van der Waals surface area contributed by atoms with Gasteiger partial charge in [-0.1, -0.05) is 13.3 Å². The normalized spacial score (nSPS) is 25.1. The highest BCUT2D eigenvalue weighted by atomic mass is 31.2. The number of anilines is 1. The molecule has 1 saturated heterocycles. The maximum absolute atomic E-state index is 13.9. The van der Waals surface area contributed by atoms with E-state index in [2.05, 4.69) is 20.3 Å². The van der Waals surface area contributed by atoms with E-state index in [0.29, 0.717) is 23.4 Å². The number of rotatable bonds is 14. The summed E-state index contributed by atoms with van der Waals surface area (Å²) in [5.41, 5.74) is 5.08. The number of esters is 2. The SMILES string of the molecule is CCC(=O)O[C@H]1C[C@H](c2ccc3c(N)ncnn23)O[C@]1(C#N)COP(=O)(N[C@@H](C)C(=O)OCC1CCC1)N[C@@H](C)C=O. The predicted octanol–water partition coefficient (Wildman–Crippen LogP) is 1.98. The predicted molar refractivity (Wildman–Crippen MR) is 147 cm³/mol. The van der Waals surface area contributed by atoms with Crippen molar-refractivity contribution < 1.29 is 37.7 Å². The molecule has 0 bridgehead atoms. The first-order chi connectivity index (χ1) is 20.0. The maximum Gasteiger partial charge on any atom is 0.342 e. The van der Waals surface area contributed by atoms with E-state index in [1.54, 1.807) is 19.1 Å². The zero-order valence-electron chi connectivity index (χ0n) is 23.7. The summed E-state index contributed by atoms with van der Waals surface area (Å²) in [5.74, 6) is -0.675. The molecule has 4 rings (SSSR count). The number of ether oxygens (including phenoxy) is 3. The first-order valence-electron chi connectivity index (χ1n) is 13.8. The Bertz CT molecular complexity index is 1390. The molecule has 4 N–H and O–H groups in total. The van der Waals surface area contributed by atoms with E-state index in [0.717, 1.165) is 19.3 Å². The van der Waals surface area contributed by atoms with Crippen molar-refractivity contribution in [2.24, 2.45) is 5.92 Å². The van der Waals surface area contributed by atoms with Crippen LogP contribution in [-0.4, -0.2) is 69.8 Å². The van der Waals surface area contributed by atoms with Crippen LogP contribution in [-0.2, 0) is 37.7 Å². The third-order valence-electron chi connectivity index (χ3n) is 7.34. The van der Waals surface area contributed by atoms with E-state index in [9.17, 15) is 24.2 Å². The first kappa shape index (κ1) is 31.5. The molecule has 42 heavy (non-hydrogen) atoms. The highest BCUT2D eigenvalue weighted by Crippen LogP contribution is 2.46. The van der Waals surface area contributed by atoms with Crippen molar-refractivity contribution in [3.05, 3.63) is 24.2 Å². The van der Waals surface area contributed by atoms with Gasteiger partial charge in [0.2, 0.25) is 5.60 Å². The van der Waals surface area contributed by atoms with Crippen LogP contribution < -0.4 is 15.9 Å². The van der Waals surface area contributed by atoms with E-state index in [4.69, 9.17) is 24.5 Å². The fraction of sp³-hybridized carbons (Fsp3) is 0.615. The van der Waals surface area contributed by atoms with Crippen LogP contribution in [0.1, 0.15) is 64.7 Å². The van der Waals surface area contributed by atoms with Crippen molar-refractivity contribution in [2.45, 2.75) is 82.8 Å². The van der Waals surface area contributed by atoms with Gasteiger partial charge in [-0.15, -0.1) is 0 Å². The average molecular weight is 606 g/mol. The third-order valence-corrected chi connectivity index (χ3v) is 9.30. The molecular weight excluding hydrogens is 569 g/mol. The number of nitrogens with two attached hydrogens (primary N) is 1. The van der Waals surface area contributed by atoms with Crippen LogP contribution in [0.25, 0.3) is 5.52 Å². The molecule has 15 nitrogen and oxygen atoms in total. The highest BCUT2D eigenvalue weighted by Gasteiger charge is 2.54. The van der Waals surface area contributed by atoms with Crippen molar-refractivity contribution in [3.63, 3.8) is 0 Å². The molecule has 16 heteroatoms. The number of nitriles is 1. The second kappa shape index (κ2) is 13.3. The van der Waals surface area contributed by atoms with E-state index >= 15 is 0 Å². The van der Waals surface area contributed by atoms with Gasteiger partial charge in [-0.25, -0.2) is 19.7 Å². The largest absolute Gasteiger partial charge is 0.464 e. The number of hydrogen-bond acceptors (Lipinski definition) is 12. The molecule has 0 aromatic carbocycles. The smallest absolute Gasteiger partial charge is 0.342 e. The Hall–Kier alpha value is -3.41. The number of aldehydes is 1. The number of nitrogens with one attached hydrogen (secondary N) is 2. The summed E-state index contributed by atoms with van der Waals surface area (Å²) in [6, 6.07) is 3.41. The van der Waals surface area contributed by atoms with E-state index in [1.807, 2.05) is 6.07 Å². The summed E-state index contributed by atoms with van der Waals surface area (Å²) in [6.07, 6.45) is 3.02.